The van der Waals surface area contributed by atoms with E-state index in [9.17, 15) is 4.79 Å². The van der Waals surface area contributed by atoms with E-state index < -0.39 is 0 Å². The number of benzene rings is 2. The van der Waals surface area contributed by atoms with Gasteiger partial charge in [0.25, 0.3) is 5.91 Å². The lowest BCUT2D eigenvalue weighted by Gasteiger charge is -2.27. The Morgan fingerprint density at radius 3 is 2.48 bits per heavy atom. The molecule has 0 unspecified atom stereocenters. The molecule has 1 aliphatic heterocycles. The highest BCUT2D eigenvalue weighted by Crippen LogP contribution is 2.29. The Morgan fingerprint density at radius 2 is 1.70 bits per heavy atom. The van der Waals surface area contributed by atoms with E-state index >= 15 is 0 Å². The maximum atomic E-state index is 12.8. The number of nitrogens with one attached hydrogen (secondary N) is 1. The highest BCUT2D eigenvalue weighted by atomic mass is 16.2. The fourth-order valence-electron chi connectivity index (χ4n) is 4.96. The first kappa shape index (κ1) is 25.6. The van der Waals surface area contributed by atoms with Gasteiger partial charge in [0, 0.05) is 80.6 Å². The minimum Gasteiger partial charge on any atom is -0.336 e. The molecule has 40 heavy (non-hydrogen) atoms. The SMILES string of the molecule is O=C(c1ccc(Cc2nccc(-c3cn(CCc4ccccc4)nc3-c3cccnc3)n2)cc1)N1CCNCC1. The molecule has 2 aromatic carbocycles. The van der Waals surface area contributed by atoms with E-state index in [4.69, 9.17) is 10.1 Å². The standard InChI is InChI=1S/C32H31N7O/c40-32(38-19-16-33-17-20-38)26-10-8-25(9-11-26)21-30-35-15-12-29(36-30)28-23-39(18-13-24-5-2-1-3-6-24)37-31(28)27-7-4-14-34-22-27/h1-12,14-15,22-23,33H,13,16-21H2. The minimum absolute atomic E-state index is 0.0819. The van der Waals surface area contributed by atoms with Crippen molar-refractivity contribution in [2.45, 2.75) is 19.4 Å². The Labute approximate surface area is 233 Å². The third-order valence-electron chi connectivity index (χ3n) is 7.12. The highest BCUT2D eigenvalue weighted by molar-refractivity contribution is 5.94. The summed E-state index contributed by atoms with van der Waals surface area (Å²) in [7, 11) is 0. The maximum absolute atomic E-state index is 12.8. The van der Waals surface area contributed by atoms with Gasteiger partial charge in [0.05, 0.1) is 5.69 Å². The number of aromatic nitrogens is 5. The van der Waals surface area contributed by atoms with Crippen LogP contribution in [0.3, 0.4) is 0 Å². The molecule has 0 spiro atoms. The van der Waals surface area contributed by atoms with Gasteiger partial charge in [-0.3, -0.25) is 14.5 Å². The summed E-state index contributed by atoms with van der Waals surface area (Å²) in [6.45, 7) is 3.92. The van der Waals surface area contributed by atoms with Crippen LogP contribution in [-0.2, 0) is 19.4 Å². The van der Waals surface area contributed by atoms with Crippen molar-refractivity contribution in [3.05, 3.63) is 120 Å². The number of hydrogen-bond acceptors (Lipinski definition) is 6. The van der Waals surface area contributed by atoms with E-state index in [1.165, 1.54) is 5.56 Å². The van der Waals surface area contributed by atoms with Gasteiger partial charge in [-0.25, -0.2) is 9.97 Å². The molecule has 0 saturated carbocycles. The second kappa shape index (κ2) is 12.0. The molecule has 5 aromatic rings. The van der Waals surface area contributed by atoms with Crippen LogP contribution < -0.4 is 5.32 Å². The van der Waals surface area contributed by atoms with Gasteiger partial charge in [0.2, 0.25) is 0 Å². The van der Waals surface area contributed by atoms with Crippen LogP contribution in [0.15, 0.2) is 97.6 Å². The molecule has 0 radical (unpaired) electrons. The number of pyridine rings is 1. The van der Waals surface area contributed by atoms with E-state index in [1.54, 1.807) is 12.4 Å². The van der Waals surface area contributed by atoms with Crippen molar-refractivity contribution in [3.63, 3.8) is 0 Å². The molecule has 3 aromatic heterocycles. The van der Waals surface area contributed by atoms with Crippen molar-refractivity contribution < 1.29 is 4.79 Å². The Morgan fingerprint density at radius 1 is 0.875 bits per heavy atom. The van der Waals surface area contributed by atoms with Crippen molar-refractivity contribution in [1.82, 2.24) is 34.9 Å². The molecule has 8 heteroatoms. The summed E-state index contributed by atoms with van der Waals surface area (Å²) in [5, 5.41) is 8.21. The van der Waals surface area contributed by atoms with E-state index in [2.05, 4.69) is 45.7 Å². The molecular weight excluding hydrogens is 498 g/mol. The average Bonchev–Trinajstić information content (AvgIpc) is 3.46. The van der Waals surface area contributed by atoms with Crippen LogP contribution in [0.5, 0.6) is 0 Å². The molecule has 0 atom stereocenters. The Balaban J connectivity index is 1.22. The summed E-state index contributed by atoms with van der Waals surface area (Å²) >= 11 is 0. The van der Waals surface area contributed by atoms with Gasteiger partial charge in [0.1, 0.15) is 11.5 Å². The van der Waals surface area contributed by atoms with Crippen molar-refractivity contribution in [1.29, 1.82) is 0 Å². The molecule has 1 fully saturated rings. The third kappa shape index (κ3) is 5.97. The predicted molar refractivity (Wildman–Crippen MR) is 155 cm³/mol. The van der Waals surface area contributed by atoms with Gasteiger partial charge in [0.15, 0.2) is 0 Å². The molecule has 0 aliphatic carbocycles. The van der Waals surface area contributed by atoms with Gasteiger partial charge in [-0.2, -0.15) is 5.10 Å². The number of rotatable bonds is 8. The normalized spacial score (nSPS) is 13.3. The highest BCUT2D eigenvalue weighted by Gasteiger charge is 2.18. The second-order valence-electron chi connectivity index (χ2n) is 9.91. The van der Waals surface area contributed by atoms with Gasteiger partial charge in [-0.15, -0.1) is 0 Å². The summed E-state index contributed by atoms with van der Waals surface area (Å²) in [6.07, 6.45) is 8.92. The van der Waals surface area contributed by atoms with Crippen LogP contribution in [0, 0.1) is 0 Å². The molecule has 200 valence electrons. The number of amides is 1. The number of aryl methyl sites for hydroxylation is 2. The largest absolute Gasteiger partial charge is 0.336 e. The van der Waals surface area contributed by atoms with Crippen molar-refractivity contribution in [3.8, 4) is 22.5 Å². The molecular formula is C32H31N7O. The predicted octanol–water partition coefficient (Wildman–Crippen LogP) is 4.28. The zero-order valence-electron chi connectivity index (χ0n) is 22.3. The Bertz CT molecular complexity index is 1560. The first-order chi connectivity index (χ1) is 19.7. The number of nitrogens with zero attached hydrogens (tertiary/aromatic N) is 6. The summed E-state index contributed by atoms with van der Waals surface area (Å²) in [4.78, 5) is 28.5. The second-order valence-corrected chi connectivity index (χ2v) is 9.91. The zero-order chi connectivity index (χ0) is 27.1. The van der Waals surface area contributed by atoms with E-state index in [0.717, 1.165) is 67.2 Å². The van der Waals surface area contributed by atoms with Crippen LogP contribution in [0.2, 0.25) is 0 Å². The summed E-state index contributed by atoms with van der Waals surface area (Å²) < 4.78 is 1.99. The molecule has 1 amide bonds. The lowest BCUT2D eigenvalue weighted by molar-refractivity contribution is 0.0736. The monoisotopic (exact) mass is 529 g/mol. The van der Waals surface area contributed by atoms with Gasteiger partial charge in [-0.1, -0.05) is 42.5 Å². The Kier molecular flexibility index (Phi) is 7.68. The van der Waals surface area contributed by atoms with E-state index in [0.29, 0.717) is 17.8 Å². The van der Waals surface area contributed by atoms with Gasteiger partial charge < -0.3 is 10.2 Å². The van der Waals surface area contributed by atoms with E-state index in [-0.39, 0.29) is 5.91 Å². The van der Waals surface area contributed by atoms with Crippen LogP contribution >= 0.6 is 0 Å². The van der Waals surface area contributed by atoms with Crippen LogP contribution in [-0.4, -0.2) is 61.7 Å². The van der Waals surface area contributed by atoms with E-state index in [1.807, 2.05) is 64.3 Å². The minimum atomic E-state index is 0.0819. The Hall–Kier alpha value is -4.69. The van der Waals surface area contributed by atoms with Crippen molar-refractivity contribution >= 4 is 5.91 Å². The summed E-state index contributed by atoms with van der Waals surface area (Å²) in [5.41, 5.74) is 6.60. The number of hydrogen-bond donors (Lipinski definition) is 1. The number of piperazine rings is 1. The fraction of sp³-hybridized carbons (Fsp3) is 0.219. The first-order valence-electron chi connectivity index (χ1n) is 13.7. The molecule has 1 saturated heterocycles. The van der Waals surface area contributed by atoms with Gasteiger partial charge >= 0.3 is 0 Å². The molecule has 8 nitrogen and oxygen atoms in total. The first-order valence-corrected chi connectivity index (χ1v) is 13.7. The van der Waals surface area contributed by atoms with Crippen LogP contribution in [0.1, 0.15) is 27.3 Å². The average molecular weight is 530 g/mol. The van der Waals surface area contributed by atoms with Gasteiger partial charge in [-0.05, 0) is 47.9 Å². The van der Waals surface area contributed by atoms with Crippen molar-refractivity contribution in [2.75, 3.05) is 26.2 Å². The molecule has 1 aliphatic rings. The molecule has 0 bridgehead atoms. The number of carbonyl (C=O) groups is 1. The van der Waals surface area contributed by atoms with Crippen molar-refractivity contribution in [2.24, 2.45) is 0 Å². The van der Waals surface area contributed by atoms with Crippen LogP contribution in [0.4, 0.5) is 0 Å². The lowest BCUT2D eigenvalue weighted by Crippen LogP contribution is -2.46. The maximum Gasteiger partial charge on any atom is 0.253 e. The topological polar surface area (TPSA) is 88.8 Å². The third-order valence-corrected chi connectivity index (χ3v) is 7.12. The lowest BCUT2D eigenvalue weighted by atomic mass is 10.1. The summed E-state index contributed by atoms with van der Waals surface area (Å²) in [6, 6.07) is 24.1. The molecule has 6 rings (SSSR count). The fourth-order valence-corrected chi connectivity index (χ4v) is 4.96. The quantitative estimate of drug-likeness (QED) is 0.323. The molecule has 1 N–H and O–H groups in total. The van der Waals surface area contributed by atoms with Crippen LogP contribution in [0.25, 0.3) is 22.5 Å². The summed E-state index contributed by atoms with van der Waals surface area (Å²) in [5.74, 6) is 0.798. The number of carbonyl (C=O) groups excluding carboxylic acids is 1. The smallest absolute Gasteiger partial charge is 0.253 e. The molecule has 4 heterocycles. The zero-order valence-corrected chi connectivity index (χ0v) is 22.3.